The Morgan fingerprint density at radius 3 is 2.19 bits per heavy atom. The lowest BCUT2D eigenvalue weighted by atomic mass is 9.84. The Hall–Kier alpha value is -4.66. The Morgan fingerprint density at radius 1 is 0.917 bits per heavy atom. The highest BCUT2D eigenvalue weighted by molar-refractivity contribution is 5.94. The van der Waals surface area contributed by atoms with Gasteiger partial charge in [0.2, 0.25) is 11.2 Å². The second-order valence-electron chi connectivity index (χ2n) is 8.22. The number of fused-ring (bicyclic) bond motifs is 3. The zero-order valence-corrected chi connectivity index (χ0v) is 19.7. The van der Waals surface area contributed by atoms with Crippen LogP contribution in [0.15, 0.2) is 57.9 Å². The molecule has 5 rings (SSSR count). The molecule has 2 N–H and O–H groups in total. The summed E-state index contributed by atoms with van der Waals surface area (Å²) in [6, 6.07) is 11.3. The van der Waals surface area contributed by atoms with Gasteiger partial charge in [0.25, 0.3) is 0 Å². The molecule has 4 aromatic rings. The second-order valence-corrected chi connectivity index (χ2v) is 8.22. The number of methoxy groups -OCH3 is 3. The van der Waals surface area contributed by atoms with Gasteiger partial charge in [-0.15, -0.1) is 0 Å². The van der Waals surface area contributed by atoms with E-state index in [1.165, 1.54) is 26.5 Å². The zero-order chi connectivity index (χ0) is 25.6. The first-order valence-corrected chi connectivity index (χ1v) is 11.0. The normalized spacial score (nSPS) is 14.8. The largest absolute Gasteiger partial charge is 0.507 e. The number of hydrogen-bond acceptors (Lipinski definition) is 9. The van der Waals surface area contributed by atoms with E-state index < -0.39 is 17.3 Å². The minimum Gasteiger partial charge on any atom is -0.507 e. The van der Waals surface area contributed by atoms with Gasteiger partial charge >= 0.3 is 5.97 Å². The van der Waals surface area contributed by atoms with Crippen molar-refractivity contribution in [3.8, 4) is 45.6 Å². The van der Waals surface area contributed by atoms with Crippen molar-refractivity contribution < 1.29 is 38.4 Å². The number of carbonyl (C=O) groups excluding carboxylic acids is 1. The van der Waals surface area contributed by atoms with Gasteiger partial charge in [0.15, 0.2) is 11.5 Å². The molecule has 184 valence electrons. The average molecular weight is 490 g/mol. The van der Waals surface area contributed by atoms with E-state index in [1.54, 1.807) is 43.5 Å². The zero-order valence-electron chi connectivity index (χ0n) is 19.7. The molecule has 1 aromatic heterocycles. The Bertz CT molecular complexity index is 1530. The molecule has 0 spiro atoms. The Balaban J connectivity index is 1.75. The van der Waals surface area contributed by atoms with Gasteiger partial charge in [-0.05, 0) is 35.4 Å². The summed E-state index contributed by atoms with van der Waals surface area (Å²) in [4.78, 5) is 26.0. The number of phenolic OH excluding ortho intramolecular Hbond substituents is 2. The monoisotopic (exact) mass is 490 g/mol. The first kappa shape index (κ1) is 23.1. The van der Waals surface area contributed by atoms with Crippen molar-refractivity contribution in [1.29, 1.82) is 0 Å². The van der Waals surface area contributed by atoms with E-state index in [2.05, 4.69) is 0 Å². The van der Waals surface area contributed by atoms with Crippen LogP contribution in [-0.2, 0) is 4.79 Å². The van der Waals surface area contributed by atoms with Crippen LogP contribution in [0.4, 0.5) is 0 Å². The molecule has 0 bridgehead atoms. The maximum Gasteiger partial charge on any atom is 0.312 e. The number of benzene rings is 3. The summed E-state index contributed by atoms with van der Waals surface area (Å²) in [6.45, 7) is 0. The molecule has 0 aliphatic carbocycles. The second kappa shape index (κ2) is 8.84. The third-order valence-electron chi connectivity index (χ3n) is 6.28. The molecule has 0 unspecified atom stereocenters. The maximum absolute atomic E-state index is 13.5. The van der Waals surface area contributed by atoms with Crippen LogP contribution >= 0.6 is 0 Å². The number of carbonyl (C=O) groups is 1. The first-order valence-electron chi connectivity index (χ1n) is 11.0. The molecule has 9 heteroatoms. The molecule has 1 atom stereocenters. The minimum absolute atomic E-state index is 0.0391. The molecule has 3 aromatic carbocycles. The lowest BCUT2D eigenvalue weighted by Gasteiger charge is -2.26. The highest BCUT2D eigenvalue weighted by atomic mass is 16.5. The summed E-state index contributed by atoms with van der Waals surface area (Å²) in [7, 11) is 4.34. The maximum atomic E-state index is 13.5. The fourth-order valence-electron chi connectivity index (χ4n) is 4.50. The highest BCUT2D eigenvalue weighted by Gasteiger charge is 2.34. The first-order chi connectivity index (χ1) is 17.4. The third kappa shape index (κ3) is 3.65. The molecule has 0 saturated heterocycles. The fourth-order valence-corrected chi connectivity index (χ4v) is 4.50. The van der Waals surface area contributed by atoms with Crippen LogP contribution in [0.3, 0.4) is 0 Å². The molecule has 0 radical (unpaired) electrons. The van der Waals surface area contributed by atoms with Gasteiger partial charge in [0.05, 0.1) is 33.3 Å². The topological polar surface area (TPSA) is 125 Å². The molecule has 9 nitrogen and oxygen atoms in total. The van der Waals surface area contributed by atoms with E-state index in [0.29, 0.717) is 22.4 Å². The minimum atomic E-state index is -0.636. The quantitative estimate of drug-likeness (QED) is 0.310. The van der Waals surface area contributed by atoms with Crippen LogP contribution < -0.4 is 24.4 Å². The van der Waals surface area contributed by atoms with Crippen LogP contribution in [0.2, 0.25) is 0 Å². The molecule has 1 aliphatic rings. The standard InChI is InChI=1S/C27H22O9/c1-32-15-6-4-13(5-7-15)17-12-35-27-23-16(14-8-20(33-2)26(31)21(9-14)34-3)10-22(29)36-19(23)11-18(28)24(27)25(17)30/h4-9,11-12,16,28,31H,10H2,1-3H3/t16-/m0/s1. The molecule has 0 fully saturated rings. The van der Waals surface area contributed by atoms with Gasteiger partial charge in [0.1, 0.15) is 34.5 Å². The molecular weight excluding hydrogens is 468 g/mol. The number of aromatic hydroxyl groups is 2. The van der Waals surface area contributed by atoms with E-state index in [4.69, 9.17) is 23.4 Å². The summed E-state index contributed by atoms with van der Waals surface area (Å²) >= 11 is 0. The average Bonchev–Trinajstić information content (AvgIpc) is 2.88. The van der Waals surface area contributed by atoms with E-state index >= 15 is 0 Å². The van der Waals surface area contributed by atoms with Crippen LogP contribution in [0.25, 0.3) is 22.1 Å². The van der Waals surface area contributed by atoms with Crippen molar-refractivity contribution in [3.63, 3.8) is 0 Å². The SMILES string of the molecule is COc1ccc(-c2coc3c4c(cc(O)c3c2=O)OC(=O)C[C@H]4c2cc(OC)c(O)c(OC)c2)cc1. The summed E-state index contributed by atoms with van der Waals surface area (Å²) in [5.41, 5.74) is 1.45. The number of hydrogen-bond donors (Lipinski definition) is 2. The van der Waals surface area contributed by atoms with Crippen molar-refractivity contribution in [1.82, 2.24) is 0 Å². The summed E-state index contributed by atoms with van der Waals surface area (Å²) in [6.07, 6.45) is 1.24. The summed E-state index contributed by atoms with van der Waals surface area (Å²) in [5, 5.41) is 21.1. The predicted molar refractivity (Wildman–Crippen MR) is 129 cm³/mol. The van der Waals surface area contributed by atoms with Gasteiger partial charge < -0.3 is 33.6 Å². The molecule has 36 heavy (non-hydrogen) atoms. The van der Waals surface area contributed by atoms with Crippen molar-refractivity contribution in [3.05, 3.63) is 70.1 Å². The smallest absolute Gasteiger partial charge is 0.312 e. The summed E-state index contributed by atoms with van der Waals surface area (Å²) in [5.74, 6) is -0.724. The molecule has 2 heterocycles. The molecule has 1 aliphatic heterocycles. The van der Waals surface area contributed by atoms with E-state index in [0.717, 1.165) is 0 Å². The number of rotatable bonds is 5. The summed E-state index contributed by atoms with van der Waals surface area (Å²) < 4.78 is 27.1. The van der Waals surface area contributed by atoms with Gasteiger partial charge in [-0.1, -0.05) is 12.1 Å². The Morgan fingerprint density at radius 2 is 1.58 bits per heavy atom. The number of phenols is 2. The van der Waals surface area contributed by atoms with E-state index in [1.807, 2.05) is 0 Å². The number of esters is 1. The molecule has 0 amide bonds. The fraction of sp³-hybridized carbons (Fsp3) is 0.185. The van der Waals surface area contributed by atoms with E-state index in [9.17, 15) is 19.8 Å². The van der Waals surface area contributed by atoms with Crippen LogP contribution in [0.5, 0.6) is 34.5 Å². The van der Waals surface area contributed by atoms with Crippen LogP contribution in [0.1, 0.15) is 23.5 Å². The van der Waals surface area contributed by atoms with Crippen LogP contribution in [0, 0.1) is 0 Å². The van der Waals surface area contributed by atoms with Gasteiger partial charge in [0, 0.05) is 17.5 Å². The highest BCUT2D eigenvalue weighted by Crippen LogP contribution is 2.48. The van der Waals surface area contributed by atoms with E-state index in [-0.39, 0.29) is 51.7 Å². The van der Waals surface area contributed by atoms with Crippen molar-refractivity contribution in [2.24, 2.45) is 0 Å². The molecule has 0 saturated carbocycles. The predicted octanol–water partition coefficient (Wildman–Crippen LogP) is 4.34. The van der Waals surface area contributed by atoms with Crippen LogP contribution in [-0.4, -0.2) is 37.5 Å². The Labute approximate surface area is 205 Å². The third-order valence-corrected chi connectivity index (χ3v) is 6.28. The molecular formula is C27H22O9. The number of ether oxygens (including phenoxy) is 4. The van der Waals surface area contributed by atoms with Crippen molar-refractivity contribution in [2.75, 3.05) is 21.3 Å². The lowest BCUT2D eigenvalue weighted by molar-refractivity contribution is -0.135. The van der Waals surface area contributed by atoms with Crippen molar-refractivity contribution >= 4 is 16.9 Å². The van der Waals surface area contributed by atoms with Gasteiger partial charge in [-0.2, -0.15) is 0 Å². The van der Waals surface area contributed by atoms with Gasteiger partial charge in [-0.25, -0.2) is 0 Å². The lowest BCUT2D eigenvalue weighted by Crippen LogP contribution is -2.22. The Kier molecular flexibility index (Phi) is 5.68. The van der Waals surface area contributed by atoms with Crippen molar-refractivity contribution in [2.45, 2.75) is 12.3 Å². The van der Waals surface area contributed by atoms with Gasteiger partial charge in [-0.3, -0.25) is 9.59 Å².